The lowest BCUT2D eigenvalue weighted by molar-refractivity contribution is 0.0952. The minimum absolute atomic E-state index is 0.120. The number of carbonyl (C=O) groups excluding carboxylic acids is 1. The van der Waals surface area contributed by atoms with Gasteiger partial charge in [-0.15, -0.1) is 0 Å². The Morgan fingerprint density at radius 1 is 1.17 bits per heavy atom. The first-order valence-corrected chi connectivity index (χ1v) is 9.38. The van der Waals surface area contributed by atoms with Crippen LogP contribution in [0.5, 0.6) is 0 Å². The van der Waals surface area contributed by atoms with Crippen molar-refractivity contribution >= 4 is 15.9 Å². The Bertz CT molecular complexity index is 600. The minimum Gasteiger partial charge on any atom is -0.352 e. The minimum atomic E-state index is -3.56. The highest BCUT2D eigenvalue weighted by Gasteiger charge is 2.15. The summed E-state index contributed by atoms with van der Waals surface area (Å²) in [4.78, 5) is 14.3. The Balaban J connectivity index is 2.66. The zero-order valence-electron chi connectivity index (χ0n) is 14.1. The third-order valence-corrected chi connectivity index (χ3v) is 4.76. The van der Waals surface area contributed by atoms with Crippen LogP contribution in [0.3, 0.4) is 0 Å². The summed E-state index contributed by atoms with van der Waals surface area (Å²) in [6.45, 7) is 3.84. The zero-order valence-corrected chi connectivity index (χ0v) is 14.9. The Morgan fingerprint density at radius 2 is 1.91 bits per heavy atom. The molecule has 1 amide bonds. The molecular weight excluding hydrogens is 314 g/mol. The van der Waals surface area contributed by atoms with Gasteiger partial charge in [-0.3, -0.25) is 4.79 Å². The zero-order chi connectivity index (χ0) is 17.3. The Morgan fingerprint density at radius 3 is 2.57 bits per heavy atom. The second kappa shape index (κ2) is 9.64. The second-order valence-corrected chi connectivity index (χ2v) is 7.46. The number of nitrogens with one attached hydrogen (secondary N) is 2. The molecule has 0 atom stereocenters. The van der Waals surface area contributed by atoms with Crippen molar-refractivity contribution in [2.75, 3.05) is 33.7 Å². The summed E-state index contributed by atoms with van der Waals surface area (Å²) in [6, 6.07) is 6.11. The standard InChI is InChI=1S/C16H27N3O3S/c1-4-5-11-18-23(21,22)15-9-6-8-14(13-15)16(20)17-10-7-12-19(2)3/h6,8-9,13,18H,4-5,7,10-12H2,1-3H3,(H,17,20). The van der Waals surface area contributed by atoms with Gasteiger partial charge in [0.1, 0.15) is 0 Å². The van der Waals surface area contributed by atoms with E-state index in [4.69, 9.17) is 0 Å². The fourth-order valence-corrected chi connectivity index (χ4v) is 3.09. The van der Waals surface area contributed by atoms with Gasteiger partial charge in [0.05, 0.1) is 4.90 Å². The first-order valence-electron chi connectivity index (χ1n) is 7.89. The van der Waals surface area contributed by atoms with Crippen molar-refractivity contribution in [1.29, 1.82) is 0 Å². The maximum Gasteiger partial charge on any atom is 0.251 e. The van der Waals surface area contributed by atoms with E-state index in [1.165, 1.54) is 12.1 Å². The van der Waals surface area contributed by atoms with Gasteiger partial charge in [-0.2, -0.15) is 0 Å². The first-order chi connectivity index (χ1) is 10.9. The fourth-order valence-electron chi connectivity index (χ4n) is 1.97. The predicted octanol–water partition coefficient (Wildman–Crippen LogP) is 1.45. The third kappa shape index (κ3) is 7.11. The van der Waals surface area contributed by atoms with Crippen LogP contribution >= 0.6 is 0 Å². The lowest BCUT2D eigenvalue weighted by Crippen LogP contribution is -2.28. The van der Waals surface area contributed by atoms with Crippen molar-refractivity contribution in [1.82, 2.24) is 14.9 Å². The summed E-state index contributed by atoms with van der Waals surface area (Å²) >= 11 is 0. The molecule has 0 unspecified atom stereocenters. The van der Waals surface area contributed by atoms with Crippen LogP contribution in [0.4, 0.5) is 0 Å². The first kappa shape index (κ1) is 19.6. The maximum absolute atomic E-state index is 12.2. The SMILES string of the molecule is CCCCNS(=O)(=O)c1cccc(C(=O)NCCCN(C)C)c1. The summed E-state index contributed by atoms with van der Waals surface area (Å²) < 4.78 is 26.9. The topological polar surface area (TPSA) is 78.5 Å². The number of unbranched alkanes of at least 4 members (excludes halogenated alkanes) is 1. The van der Waals surface area contributed by atoms with Crippen molar-refractivity contribution in [2.45, 2.75) is 31.1 Å². The lowest BCUT2D eigenvalue weighted by atomic mass is 10.2. The molecule has 7 heteroatoms. The molecule has 0 fully saturated rings. The quantitative estimate of drug-likeness (QED) is 0.631. The number of amides is 1. The third-order valence-electron chi connectivity index (χ3n) is 3.30. The van der Waals surface area contributed by atoms with Gasteiger partial charge in [-0.25, -0.2) is 13.1 Å². The highest BCUT2D eigenvalue weighted by molar-refractivity contribution is 7.89. The molecule has 0 bridgehead atoms. The van der Waals surface area contributed by atoms with E-state index >= 15 is 0 Å². The molecule has 130 valence electrons. The Hall–Kier alpha value is -1.44. The van der Waals surface area contributed by atoms with Gasteiger partial charge in [0.25, 0.3) is 5.91 Å². The normalized spacial score (nSPS) is 11.7. The van der Waals surface area contributed by atoms with Gasteiger partial charge in [-0.1, -0.05) is 19.4 Å². The molecule has 1 aromatic carbocycles. The molecule has 0 aromatic heterocycles. The molecule has 0 saturated heterocycles. The van der Waals surface area contributed by atoms with Gasteiger partial charge in [0.15, 0.2) is 0 Å². The number of rotatable bonds is 10. The van der Waals surface area contributed by atoms with Gasteiger partial charge in [-0.05, 0) is 51.7 Å². The Kier molecular flexibility index (Phi) is 8.22. The van der Waals surface area contributed by atoms with Gasteiger partial charge < -0.3 is 10.2 Å². The highest BCUT2D eigenvalue weighted by Crippen LogP contribution is 2.11. The van der Waals surface area contributed by atoms with E-state index in [-0.39, 0.29) is 10.8 Å². The summed E-state index contributed by atoms with van der Waals surface area (Å²) in [5.74, 6) is -0.255. The van der Waals surface area contributed by atoms with E-state index < -0.39 is 10.0 Å². The number of hydrogen-bond donors (Lipinski definition) is 2. The average Bonchev–Trinajstić information content (AvgIpc) is 2.51. The summed E-state index contributed by atoms with van der Waals surface area (Å²) in [6.07, 6.45) is 2.54. The van der Waals surface area contributed by atoms with Crippen molar-refractivity contribution in [3.8, 4) is 0 Å². The molecular formula is C16H27N3O3S. The molecule has 6 nitrogen and oxygen atoms in total. The summed E-state index contributed by atoms with van der Waals surface area (Å²) in [7, 11) is 0.386. The van der Waals surface area contributed by atoms with Crippen LogP contribution in [0.15, 0.2) is 29.2 Å². The van der Waals surface area contributed by atoms with E-state index in [1.807, 2.05) is 25.9 Å². The largest absolute Gasteiger partial charge is 0.352 e. The highest BCUT2D eigenvalue weighted by atomic mass is 32.2. The van der Waals surface area contributed by atoms with Crippen molar-refractivity contribution in [2.24, 2.45) is 0 Å². The molecule has 0 aliphatic heterocycles. The van der Waals surface area contributed by atoms with Crippen molar-refractivity contribution in [3.63, 3.8) is 0 Å². The molecule has 0 heterocycles. The fraction of sp³-hybridized carbons (Fsp3) is 0.562. The molecule has 0 saturated carbocycles. The molecule has 0 aliphatic carbocycles. The molecule has 23 heavy (non-hydrogen) atoms. The van der Waals surface area contributed by atoms with Crippen LogP contribution in [0.25, 0.3) is 0 Å². The van der Waals surface area contributed by atoms with E-state index in [0.717, 1.165) is 25.8 Å². The van der Waals surface area contributed by atoms with Gasteiger partial charge in [0.2, 0.25) is 10.0 Å². The van der Waals surface area contributed by atoms with Crippen LogP contribution in [0.2, 0.25) is 0 Å². The molecule has 2 N–H and O–H groups in total. The molecule has 0 aliphatic rings. The average molecular weight is 341 g/mol. The van der Waals surface area contributed by atoms with E-state index in [1.54, 1.807) is 12.1 Å². The predicted molar refractivity (Wildman–Crippen MR) is 92.0 cm³/mol. The van der Waals surface area contributed by atoms with Crippen LogP contribution < -0.4 is 10.0 Å². The number of carbonyl (C=O) groups is 1. The second-order valence-electron chi connectivity index (χ2n) is 5.69. The molecule has 1 aromatic rings. The number of sulfonamides is 1. The van der Waals surface area contributed by atoms with Crippen LogP contribution in [-0.4, -0.2) is 53.0 Å². The monoisotopic (exact) mass is 341 g/mol. The van der Waals surface area contributed by atoms with Crippen LogP contribution in [0, 0.1) is 0 Å². The van der Waals surface area contributed by atoms with Crippen molar-refractivity contribution < 1.29 is 13.2 Å². The summed E-state index contributed by atoms with van der Waals surface area (Å²) in [5.41, 5.74) is 0.355. The van der Waals surface area contributed by atoms with Gasteiger partial charge in [0, 0.05) is 18.7 Å². The van der Waals surface area contributed by atoms with Gasteiger partial charge >= 0.3 is 0 Å². The van der Waals surface area contributed by atoms with Crippen LogP contribution in [-0.2, 0) is 10.0 Å². The lowest BCUT2D eigenvalue weighted by Gasteiger charge is -2.11. The van der Waals surface area contributed by atoms with Crippen LogP contribution in [0.1, 0.15) is 36.5 Å². The molecule has 0 spiro atoms. The summed E-state index contributed by atoms with van der Waals surface area (Å²) in [5, 5.41) is 2.80. The van der Waals surface area contributed by atoms with Crippen molar-refractivity contribution in [3.05, 3.63) is 29.8 Å². The number of nitrogens with zero attached hydrogens (tertiary/aromatic N) is 1. The van der Waals surface area contributed by atoms with E-state index in [0.29, 0.717) is 18.7 Å². The molecule has 1 rings (SSSR count). The number of hydrogen-bond acceptors (Lipinski definition) is 4. The smallest absolute Gasteiger partial charge is 0.251 e. The number of benzene rings is 1. The molecule has 0 radical (unpaired) electrons. The van der Waals surface area contributed by atoms with E-state index in [9.17, 15) is 13.2 Å². The van der Waals surface area contributed by atoms with E-state index in [2.05, 4.69) is 10.0 Å². The maximum atomic E-state index is 12.2. The Labute approximate surface area is 139 Å².